The van der Waals surface area contributed by atoms with E-state index in [0.29, 0.717) is 18.7 Å². The predicted octanol–water partition coefficient (Wildman–Crippen LogP) is 3.53. The van der Waals surface area contributed by atoms with Crippen molar-refractivity contribution in [1.82, 2.24) is 4.98 Å². The first-order valence-corrected chi connectivity index (χ1v) is 10.0. The standard InChI is InChI=1S/C20H24N2O4S/c1-2-25-20-16(6-4-9-23)17(14-7-10-27-13-14)11-18(26-20)19(24)22-15-5-3-8-21-12-15/h3,5,7-8,10-13,16-17,20,23H,2,4,6,9H2,1H3,(H,22,24)/t16-,17+,20+/m1/s1. The molecular formula is C20H24N2O4S. The summed E-state index contributed by atoms with van der Waals surface area (Å²) in [4.78, 5) is 16.7. The molecule has 0 bridgehead atoms. The van der Waals surface area contributed by atoms with E-state index in [9.17, 15) is 9.90 Å². The third-order valence-corrected chi connectivity index (χ3v) is 5.18. The van der Waals surface area contributed by atoms with Crippen molar-refractivity contribution in [2.24, 2.45) is 5.92 Å². The molecule has 0 saturated heterocycles. The molecule has 3 heterocycles. The minimum atomic E-state index is -0.536. The molecule has 6 nitrogen and oxygen atoms in total. The summed E-state index contributed by atoms with van der Waals surface area (Å²) < 4.78 is 11.7. The van der Waals surface area contributed by atoms with Crippen LogP contribution in [0.1, 0.15) is 31.2 Å². The van der Waals surface area contributed by atoms with Crippen molar-refractivity contribution in [2.45, 2.75) is 32.0 Å². The lowest BCUT2D eigenvalue weighted by Crippen LogP contribution is -2.37. The Kier molecular flexibility index (Phi) is 6.98. The second kappa shape index (κ2) is 9.64. The molecule has 0 aliphatic carbocycles. The van der Waals surface area contributed by atoms with Crippen molar-refractivity contribution >= 4 is 22.9 Å². The molecule has 0 saturated carbocycles. The summed E-state index contributed by atoms with van der Waals surface area (Å²) in [6.45, 7) is 2.50. The van der Waals surface area contributed by atoms with Crippen LogP contribution in [-0.4, -0.2) is 35.5 Å². The van der Waals surface area contributed by atoms with Crippen LogP contribution >= 0.6 is 11.3 Å². The number of aliphatic hydroxyl groups is 1. The van der Waals surface area contributed by atoms with E-state index in [1.807, 2.05) is 18.4 Å². The summed E-state index contributed by atoms with van der Waals surface area (Å²) >= 11 is 1.62. The van der Waals surface area contributed by atoms with Crippen molar-refractivity contribution < 1.29 is 19.4 Å². The fraction of sp³-hybridized carbons (Fsp3) is 0.400. The van der Waals surface area contributed by atoms with Gasteiger partial charge in [0.05, 0.1) is 11.9 Å². The third kappa shape index (κ3) is 4.94. The number of carbonyl (C=O) groups is 1. The molecular weight excluding hydrogens is 364 g/mol. The summed E-state index contributed by atoms with van der Waals surface area (Å²) in [5.74, 6) is -0.0633. The lowest BCUT2D eigenvalue weighted by molar-refractivity contribution is -0.164. The molecule has 27 heavy (non-hydrogen) atoms. The van der Waals surface area contributed by atoms with Gasteiger partial charge in [-0.05, 0) is 60.4 Å². The first-order valence-electron chi connectivity index (χ1n) is 9.07. The van der Waals surface area contributed by atoms with Gasteiger partial charge in [-0.15, -0.1) is 0 Å². The molecule has 0 aromatic carbocycles. The molecule has 0 spiro atoms. The van der Waals surface area contributed by atoms with Gasteiger partial charge < -0.3 is 19.9 Å². The Morgan fingerprint density at radius 3 is 3.00 bits per heavy atom. The van der Waals surface area contributed by atoms with E-state index >= 15 is 0 Å². The van der Waals surface area contributed by atoms with E-state index in [4.69, 9.17) is 9.47 Å². The Labute approximate surface area is 162 Å². The van der Waals surface area contributed by atoms with Gasteiger partial charge in [0.2, 0.25) is 6.29 Å². The van der Waals surface area contributed by atoms with Crippen LogP contribution < -0.4 is 5.32 Å². The van der Waals surface area contributed by atoms with Crippen LogP contribution in [0.25, 0.3) is 0 Å². The number of nitrogens with one attached hydrogen (secondary N) is 1. The Hall–Kier alpha value is -2.22. The number of rotatable bonds is 8. The van der Waals surface area contributed by atoms with E-state index in [0.717, 1.165) is 12.0 Å². The van der Waals surface area contributed by atoms with Gasteiger partial charge in [-0.3, -0.25) is 9.78 Å². The van der Waals surface area contributed by atoms with Gasteiger partial charge in [-0.25, -0.2) is 0 Å². The van der Waals surface area contributed by atoms with Crippen LogP contribution in [0.3, 0.4) is 0 Å². The molecule has 0 radical (unpaired) electrons. The number of anilines is 1. The Morgan fingerprint density at radius 2 is 2.33 bits per heavy atom. The number of thiophene rings is 1. The maximum Gasteiger partial charge on any atom is 0.290 e. The number of aromatic nitrogens is 1. The van der Waals surface area contributed by atoms with Crippen molar-refractivity contribution in [2.75, 3.05) is 18.5 Å². The number of aliphatic hydroxyl groups excluding tert-OH is 1. The van der Waals surface area contributed by atoms with E-state index in [1.54, 1.807) is 35.9 Å². The van der Waals surface area contributed by atoms with Crippen molar-refractivity contribution in [3.8, 4) is 0 Å². The minimum Gasteiger partial charge on any atom is -0.459 e. The highest BCUT2D eigenvalue weighted by atomic mass is 32.1. The number of amides is 1. The SMILES string of the molecule is CCO[C@H]1OC(C(=O)Nc2cccnc2)=C[C@@H](c2ccsc2)[C@H]1CCCO. The molecule has 0 unspecified atom stereocenters. The zero-order valence-corrected chi connectivity index (χ0v) is 16.0. The van der Waals surface area contributed by atoms with Gasteiger partial charge >= 0.3 is 0 Å². The van der Waals surface area contributed by atoms with Crippen LogP contribution in [0, 0.1) is 5.92 Å². The molecule has 3 rings (SSSR count). The second-order valence-corrected chi connectivity index (χ2v) is 7.06. The highest BCUT2D eigenvalue weighted by Gasteiger charge is 2.37. The average Bonchev–Trinajstić information content (AvgIpc) is 3.22. The van der Waals surface area contributed by atoms with Crippen molar-refractivity contribution in [3.63, 3.8) is 0 Å². The summed E-state index contributed by atoms with van der Waals surface area (Å²) in [5.41, 5.74) is 1.73. The zero-order chi connectivity index (χ0) is 19.1. The van der Waals surface area contributed by atoms with Gasteiger partial charge in [0.25, 0.3) is 5.91 Å². The number of nitrogens with zero attached hydrogens (tertiary/aromatic N) is 1. The van der Waals surface area contributed by atoms with Crippen LogP contribution in [0.4, 0.5) is 5.69 Å². The van der Waals surface area contributed by atoms with Gasteiger partial charge in [-0.2, -0.15) is 11.3 Å². The molecule has 3 atom stereocenters. The summed E-state index contributed by atoms with van der Waals surface area (Å²) in [6.07, 6.45) is 5.97. The lowest BCUT2D eigenvalue weighted by Gasteiger charge is -2.36. The van der Waals surface area contributed by atoms with Gasteiger partial charge in [-0.1, -0.05) is 0 Å². The number of hydrogen-bond acceptors (Lipinski definition) is 6. The van der Waals surface area contributed by atoms with E-state index in [2.05, 4.69) is 21.7 Å². The smallest absolute Gasteiger partial charge is 0.290 e. The first-order chi connectivity index (χ1) is 13.2. The molecule has 1 amide bonds. The molecule has 0 fully saturated rings. The Morgan fingerprint density at radius 1 is 1.44 bits per heavy atom. The molecule has 7 heteroatoms. The number of hydrogen-bond donors (Lipinski definition) is 2. The third-order valence-electron chi connectivity index (χ3n) is 4.48. The fourth-order valence-electron chi connectivity index (χ4n) is 3.24. The van der Waals surface area contributed by atoms with Gasteiger partial charge in [0.15, 0.2) is 5.76 Å². The molecule has 2 N–H and O–H groups in total. The average molecular weight is 388 g/mol. The molecule has 1 aliphatic rings. The fourth-order valence-corrected chi connectivity index (χ4v) is 3.95. The number of carbonyl (C=O) groups excluding carboxylic acids is 1. The minimum absolute atomic E-state index is 0.0113. The number of pyridine rings is 1. The number of allylic oxidation sites excluding steroid dienone is 1. The van der Waals surface area contributed by atoms with Gasteiger partial charge in [0, 0.05) is 31.2 Å². The largest absolute Gasteiger partial charge is 0.459 e. The Balaban J connectivity index is 1.87. The quantitative estimate of drug-likeness (QED) is 0.723. The molecule has 2 aromatic heterocycles. The topological polar surface area (TPSA) is 80.7 Å². The lowest BCUT2D eigenvalue weighted by atomic mass is 9.81. The maximum absolute atomic E-state index is 12.7. The molecule has 1 aliphatic heterocycles. The molecule has 144 valence electrons. The maximum atomic E-state index is 12.7. The Bertz CT molecular complexity index is 749. The summed E-state index contributed by atoms with van der Waals surface area (Å²) in [6, 6.07) is 5.59. The highest BCUT2D eigenvalue weighted by Crippen LogP contribution is 2.40. The second-order valence-electron chi connectivity index (χ2n) is 6.28. The normalized spacial score (nSPS) is 22.0. The summed E-state index contributed by atoms with van der Waals surface area (Å²) in [5, 5.41) is 16.2. The van der Waals surface area contributed by atoms with Crippen LogP contribution in [0.15, 0.2) is 53.2 Å². The van der Waals surface area contributed by atoms with Crippen LogP contribution in [0.5, 0.6) is 0 Å². The van der Waals surface area contributed by atoms with E-state index < -0.39 is 6.29 Å². The van der Waals surface area contributed by atoms with Crippen LogP contribution in [0.2, 0.25) is 0 Å². The molecule has 2 aromatic rings. The van der Waals surface area contributed by atoms with Crippen molar-refractivity contribution in [3.05, 3.63) is 58.8 Å². The van der Waals surface area contributed by atoms with Gasteiger partial charge in [0.1, 0.15) is 0 Å². The van der Waals surface area contributed by atoms with Crippen molar-refractivity contribution in [1.29, 1.82) is 0 Å². The predicted molar refractivity (Wildman–Crippen MR) is 104 cm³/mol. The van der Waals surface area contributed by atoms with E-state index in [-0.39, 0.29) is 30.1 Å². The highest BCUT2D eigenvalue weighted by molar-refractivity contribution is 7.08. The van der Waals surface area contributed by atoms with Crippen LogP contribution in [-0.2, 0) is 14.3 Å². The monoisotopic (exact) mass is 388 g/mol. The first kappa shape index (κ1) is 19.5. The zero-order valence-electron chi connectivity index (χ0n) is 15.2. The van der Waals surface area contributed by atoms with E-state index in [1.165, 1.54) is 0 Å². The summed E-state index contributed by atoms with van der Waals surface area (Å²) in [7, 11) is 0. The number of ether oxygens (including phenoxy) is 2.